The molecule has 0 saturated heterocycles. The van der Waals surface area contributed by atoms with Crippen LogP contribution in [-0.4, -0.2) is 17.8 Å². The van der Waals surface area contributed by atoms with Crippen molar-refractivity contribution < 1.29 is 4.74 Å². The van der Waals surface area contributed by atoms with Crippen LogP contribution in [0.3, 0.4) is 0 Å². The summed E-state index contributed by atoms with van der Waals surface area (Å²) >= 11 is 5.49. The van der Waals surface area contributed by atoms with Crippen LogP contribution < -0.4 is 15.4 Å². The Morgan fingerprint density at radius 1 is 1.15 bits per heavy atom. The Labute approximate surface area is 125 Å². The highest BCUT2D eigenvalue weighted by Crippen LogP contribution is 2.44. The molecule has 4 rings (SSSR count). The van der Waals surface area contributed by atoms with Gasteiger partial charge in [-0.2, -0.15) is 0 Å². The van der Waals surface area contributed by atoms with Gasteiger partial charge in [0.1, 0.15) is 12.4 Å². The Hall–Kier alpha value is -1.29. The predicted molar refractivity (Wildman–Crippen MR) is 82.8 cm³/mol. The third-order valence-corrected chi connectivity index (χ3v) is 5.30. The molecule has 3 nitrogen and oxygen atoms in total. The van der Waals surface area contributed by atoms with Crippen molar-refractivity contribution in [2.24, 2.45) is 11.8 Å². The van der Waals surface area contributed by atoms with Gasteiger partial charge in [-0.05, 0) is 49.4 Å². The van der Waals surface area contributed by atoms with E-state index in [-0.39, 0.29) is 6.04 Å². The molecule has 3 aliphatic rings. The summed E-state index contributed by atoms with van der Waals surface area (Å²) in [4.78, 5) is 0. The number of hydrogen-bond acceptors (Lipinski definition) is 2. The number of thiocarbonyl (C=S) groups is 1. The summed E-state index contributed by atoms with van der Waals surface area (Å²) in [6, 6.07) is 8.96. The SMILES string of the molecule is S=C(N[C@H]1C[C@H]2CC[C@H]1C2)N[C@@H]1COc2ccccc21. The summed E-state index contributed by atoms with van der Waals surface area (Å²) in [6.45, 7) is 0.665. The quantitative estimate of drug-likeness (QED) is 0.820. The maximum atomic E-state index is 5.68. The molecular formula is C16H20N2OS. The van der Waals surface area contributed by atoms with Crippen molar-refractivity contribution >= 4 is 17.3 Å². The van der Waals surface area contributed by atoms with Crippen molar-refractivity contribution in [3.8, 4) is 5.75 Å². The molecule has 2 bridgehead atoms. The fraction of sp³-hybridized carbons (Fsp3) is 0.562. The molecule has 106 valence electrons. The van der Waals surface area contributed by atoms with E-state index in [0.29, 0.717) is 12.6 Å². The first kappa shape index (κ1) is 12.5. The van der Waals surface area contributed by atoms with Crippen molar-refractivity contribution in [3.05, 3.63) is 29.8 Å². The highest BCUT2D eigenvalue weighted by Gasteiger charge is 2.39. The Bertz CT molecular complexity index is 533. The first-order valence-electron chi connectivity index (χ1n) is 7.58. The summed E-state index contributed by atoms with van der Waals surface area (Å²) < 4.78 is 5.68. The molecule has 0 spiro atoms. The van der Waals surface area contributed by atoms with Gasteiger partial charge in [0, 0.05) is 11.6 Å². The first-order chi connectivity index (χ1) is 9.79. The minimum atomic E-state index is 0.185. The number of ether oxygens (including phenoxy) is 1. The van der Waals surface area contributed by atoms with Crippen LogP contribution in [0, 0.1) is 11.8 Å². The van der Waals surface area contributed by atoms with Gasteiger partial charge in [-0.25, -0.2) is 0 Å². The van der Waals surface area contributed by atoms with Crippen LogP contribution in [0.15, 0.2) is 24.3 Å². The monoisotopic (exact) mass is 288 g/mol. The lowest BCUT2D eigenvalue weighted by atomic mass is 9.95. The normalized spacial score (nSPS) is 33.6. The molecule has 1 aliphatic heterocycles. The zero-order valence-electron chi connectivity index (χ0n) is 11.5. The molecule has 0 amide bonds. The topological polar surface area (TPSA) is 33.3 Å². The third-order valence-electron chi connectivity index (χ3n) is 5.06. The van der Waals surface area contributed by atoms with Crippen molar-refractivity contribution in [3.63, 3.8) is 0 Å². The van der Waals surface area contributed by atoms with E-state index in [4.69, 9.17) is 17.0 Å². The van der Waals surface area contributed by atoms with E-state index in [1.807, 2.05) is 12.1 Å². The average Bonchev–Trinajstić information content (AvgIpc) is 3.14. The molecule has 2 saturated carbocycles. The predicted octanol–water partition coefficient (Wildman–Crippen LogP) is 2.77. The lowest BCUT2D eigenvalue weighted by Crippen LogP contribution is -2.45. The van der Waals surface area contributed by atoms with Crippen LogP contribution in [-0.2, 0) is 0 Å². The molecule has 0 unspecified atom stereocenters. The molecule has 2 aliphatic carbocycles. The first-order valence-corrected chi connectivity index (χ1v) is 7.99. The van der Waals surface area contributed by atoms with Crippen LogP contribution in [0.5, 0.6) is 5.75 Å². The molecule has 1 aromatic carbocycles. The van der Waals surface area contributed by atoms with Gasteiger partial charge in [0.2, 0.25) is 0 Å². The van der Waals surface area contributed by atoms with E-state index in [1.165, 1.54) is 31.2 Å². The molecular weight excluding hydrogens is 268 g/mol. The Balaban J connectivity index is 1.37. The van der Waals surface area contributed by atoms with E-state index in [0.717, 1.165) is 22.7 Å². The maximum Gasteiger partial charge on any atom is 0.167 e. The van der Waals surface area contributed by atoms with Gasteiger partial charge < -0.3 is 15.4 Å². The fourth-order valence-corrected chi connectivity index (χ4v) is 4.37. The van der Waals surface area contributed by atoms with Crippen LogP contribution in [0.1, 0.15) is 37.3 Å². The lowest BCUT2D eigenvalue weighted by molar-refractivity contribution is 0.322. The Morgan fingerprint density at radius 3 is 2.85 bits per heavy atom. The molecule has 2 fully saturated rings. The van der Waals surface area contributed by atoms with Gasteiger partial charge in [-0.1, -0.05) is 24.6 Å². The van der Waals surface area contributed by atoms with Crippen molar-refractivity contribution in [2.75, 3.05) is 6.61 Å². The highest BCUT2D eigenvalue weighted by atomic mass is 32.1. The van der Waals surface area contributed by atoms with Crippen LogP contribution in [0.4, 0.5) is 0 Å². The lowest BCUT2D eigenvalue weighted by Gasteiger charge is -2.25. The second-order valence-electron chi connectivity index (χ2n) is 6.30. The van der Waals surface area contributed by atoms with Gasteiger partial charge in [-0.3, -0.25) is 0 Å². The van der Waals surface area contributed by atoms with E-state index < -0.39 is 0 Å². The van der Waals surface area contributed by atoms with Gasteiger partial charge in [0.15, 0.2) is 5.11 Å². The summed E-state index contributed by atoms with van der Waals surface area (Å²) in [6.07, 6.45) is 5.49. The second kappa shape index (κ2) is 4.92. The number of fused-ring (bicyclic) bond motifs is 3. The number of para-hydroxylation sites is 1. The number of rotatable bonds is 2. The number of nitrogens with one attached hydrogen (secondary N) is 2. The third kappa shape index (κ3) is 2.16. The Kier molecular flexibility index (Phi) is 3.06. The zero-order chi connectivity index (χ0) is 13.5. The fourth-order valence-electron chi connectivity index (χ4n) is 4.07. The van der Waals surface area contributed by atoms with Gasteiger partial charge >= 0.3 is 0 Å². The van der Waals surface area contributed by atoms with Crippen LogP contribution in [0.2, 0.25) is 0 Å². The average molecular weight is 288 g/mol. The van der Waals surface area contributed by atoms with Gasteiger partial charge in [0.05, 0.1) is 6.04 Å². The minimum Gasteiger partial charge on any atom is -0.491 e. The summed E-state index contributed by atoms with van der Waals surface area (Å²) in [7, 11) is 0. The van der Waals surface area contributed by atoms with Gasteiger partial charge in [0.25, 0.3) is 0 Å². The van der Waals surface area contributed by atoms with E-state index in [1.54, 1.807) is 0 Å². The molecule has 1 aromatic rings. The number of hydrogen-bond donors (Lipinski definition) is 2. The van der Waals surface area contributed by atoms with Crippen molar-refractivity contribution in [2.45, 2.75) is 37.8 Å². The van der Waals surface area contributed by atoms with E-state index in [9.17, 15) is 0 Å². The molecule has 0 aromatic heterocycles. The number of benzene rings is 1. The molecule has 0 radical (unpaired) electrons. The summed E-state index contributed by atoms with van der Waals surface area (Å²) in [5.74, 6) is 2.76. The zero-order valence-corrected chi connectivity index (χ0v) is 12.3. The molecule has 4 heteroatoms. The smallest absolute Gasteiger partial charge is 0.167 e. The van der Waals surface area contributed by atoms with E-state index >= 15 is 0 Å². The Morgan fingerprint density at radius 2 is 2.05 bits per heavy atom. The molecule has 20 heavy (non-hydrogen) atoms. The molecule has 1 heterocycles. The van der Waals surface area contributed by atoms with E-state index in [2.05, 4.69) is 22.8 Å². The van der Waals surface area contributed by atoms with Crippen molar-refractivity contribution in [1.29, 1.82) is 0 Å². The summed E-state index contributed by atoms with van der Waals surface area (Å²) in [5.41, 5.74) is 1.21. The molecule has 4 atom stereocenters. The standard InChI is InChI=1S/C16H20N2OS/c20-16(17-13-8-10-5-6-11(13)7-10)18-14-9-19-15-4-2-1-3-12(14)15/h1-4,10-11,13-14H,5-9H2,(H2,17,18,20)/t10-,11-,13-,14+/m0/s1. The minimum absolute atomic E-state index is 0.185. The highest BCUT2D eigenvalue weighted by molar-refractivity contribution is 7.80. The molecule has 2 N–H and O–H groups in total. The van der Waals surface area contributed by atoms with Crippen molar-refractivity contribution in [1.82, 2.24) is 10.6 Å². The maximum absolute atomic E-state index is 5.68. The van der Waals surface area contributed by atoms with Gasteiger partial charge in [-0.15, -0.1) is 0 Å². The second-order valence-corrected chi connectivity index (χ2v) is 6.71. The van der Waals surface area contributed by atoms with Crippen LogP contribution in [0.25, 0.3) is 0 Å². The van der Waals surface area contributed by atoms with Crippen LogP contribution >= 0.6 is 12.2 Å². The largest absolute Gasteiger partial charge is 0.491 e. The summed E-state index contributed by atoms with van der Waals surface area (Å²) in [5, 5.41) is 7.73.